The van der Waals surface area contributed by atoms with Crippen LogP contribution >= 0.6 is 0 Å². The second-order valence-electron chi connectivity index (χ2n) is 12.9. The van der Waals surface area contributed by atoms with Gasteiger partial charge < -0.3 is 24.8 Å². The summed E-state index contributed by atoms with van der Waals surface area (Å²) < 4.78 is 37.1. The van der Waals surface area contributed by atoms with Crippen molar-refractivity contribution < 1.29 is 18.3 Å². The maximum absolute atomic E-state index is 15.0. The Morgan fingerprint density at radius 1 is 1.00 bits per heavy atom. The quantitative estimate of drug-likeness (QED) is 0.208. The van der Waals surface area contributed by atoms with Crippen LogP contribution in [0.2, 0.25) is 0 Å². The third-order valence-electron chi connectivity index (χ3n) is 7.71. The first-order valence-electron chi connectivity index (χ1n) is 15.7. The fourth-order valence-electron chi connectivity index (χ4n) is 5.63. The lowest BCUT2D eigenvalue weighted by molar-refractivity contribution is 0.0524. The third kappa shape index (κ3) is 8.32. The zero-order chi connectivity index (χ0) is 33.0. The normalized spacial score (nSPS) is 14.6. The van der Waals surface area contributed by atoms with Crippen molar-refractivity contribution in [1.82, 2.24) is 39.6 Å². The Balaban J connectivity index is 1.14. The summed E-state index contributed by atoms with van der Waals surface area (Å²) >= 11 is 0. The molecule has 1 amide bonds. The zero-order valence-electron chi connectivity index (χ0n) is 27.4. The molecule has 1 aliphatic heterocycles. The molecule has 1 aliphatic rings. The number of carbonyl (C=O) groups is 1. The van der Waals surface area contributed by atoms with E-state index in [1.165, 1.54) is 6.07 Å². The van der Waals surface area contributed by atoms with Gasteiger partial charge in [0.2, 0.25) is 5.95 Å². The highest BCUT2D eigenvalue weighted by Gasteiger charge is 2.20. The van der Waals surface area contributed by atoms with Crippen molar-refractivity contribution in [3.63, 3.8) is 0 Å². The summed E-state index contributed by atoms with van der Waals surface area (Å²) in [7, 11) is 0. The van der Waals surface area contributed by atoms with Crippen molar-refractivity contribution >= 4 is 28.9 Å². The Bertz CT molecular complexity index is 1660. The minimum absolute atomic E-state index is 0.0116. The van der Waals surface area contributed by atoms with Crippen LogP contribution in [0.25, 0.3) is 22.3 Å². The van der Waals surface area contributed by atoms with Gasteiger partial charge in [-0.3, -0.25) is 4.90 Å². The SMILES string of the molecule is Cc1nc2c(F)cc(-c3nc(Nc4ccc(CN5CCN(CCCNC(=O)OC(C)(C)C)CC5)cn4)ncc3F)cc2n1C(C)C. The minimum Gasteiger partial charge on any atom is -0.444 e. The van der Waals surface area contributed by atoms with Crippen LogP contribution < -0.4 is 10.6 Å². The molecule has 246 valence electrons. The van der Waals surface area contributed by atoms with Crippen LogP contribution in [0.5, 0.6) is 0 Å². The molecule has 0 aliphatic carbocycles. The number of ether oxygens (including phenoxy) is 1. The van der Waals surface area contributed by atoms with Crippen molar-refractivity contribution in [2.45, 2.75) is 66.2 Å². The number of nitrogens with one attached hydrogen (secondary N) is 2. The summed E-state index contributed by atoms with van der Waals surface area (Å²) in [6, 6.07) is 6.85. The van der Waals surface area contributed by atoms with E-state index in [0.29, 0.717) is 29.3 Å². The van der Waals surface area contributed by atoms with Crippen LogP contribution in [0, 0.1) is 18.6 Å². The predicted molar refractivity (Wildman–Crippen MR) is 174 cm³/mol. The highest BCUT2D eigenvalue weighted by Crippen LogP contribution is 2.30. The Kier molecular flexibility index (Phi) is 10.1. The average Bonchev–Trinajstić information content (AvgIpc) is 3.34. The fraction of sp³-hybridized carbons (Fsp3) is 0.485. The van der Waals surface area contributed by atoms with E-state index in [4.69, 9.17) is 4.74 Å². The van der Waals surface area contributed by atoms with E-state index in [0.717, 1.165) is 57.4 Å². The van der Waals surface area contributed by atoms with Gasteiger partial charge in [0.25, 0.3) is 0 Å². The molecule has 1 aromatic carbocycles. The topological polar surface area (TPSA) is 113 Å². The van der Waals surface area contributed by atoms with Gasteiger partial charge in [0.05, 0.1) is 11.7 Å². The number of imidazole rings is 1. The largest absolute Gasteiger partial charge is 0.444 e. The number of amides is 1. The second kappa shape index (κ2) is 14.0. The molecule has 5 rings (SSSR count). The molecule has 4 heterocycles. The van der Waals surface area contributed by atoms with Crippen LogP contribution in [0.4, 0.5) is 25.3 Å². The molecule has 0 radical (unpaired) electrons. The number of hydrogen-bond acceptors (Lipinski definition) is 9. The number of benzene rings is 1. The van der Waals surface area contributed by atoms with Gasteiger partial charge >= 0.3 is 6.09 Å². The van der Waals surface area contributed by atoms with Crippen LogP contribution in [-0.2, 0) is 11.3 Å². The van der Waals surface area contributed by atoms with Crippen LogP contribution in [-0.4, -0.2) is 85.3 Å². The number of piperazine rings is 1. The van der Waals surface area contributed by atoms with Gasteiger partial charge in [0, 0.05) is 57.1 Å². The summed E-state index contributed by atoms with van der Waals surface area (Å²) in [4.78, 5) is 33.9. The number of aryl methyl sites for hydroxylation is 1. The molecule has 0 bridgehead atoms. The van der Waals surface area contributed by atoms with Gasteiger partial charge in [0.15, 0.2) is 11.6 Å². The Labute approximate surface area is 268 Å². The van der Waals surface area contributed by atoms with E-state index < -0.39 is 17.2 Å². The minimum atomic E-state index is -0.655. The molecule has 11 nitrogen and oxygen atoms in total. The van der Waals surface area contributed by atoms with Crippen LogP contribution in [0.3, 0.4) is 0 Å². The number of rotatable bonds is 10. The molecular weight excluding hydrogens is 592 g/mol. The standard InChI is InChI=1S/C33H43F2N9O2/c1-21(2)44-22(3)39-30-25(34)16-24(17-27(30)44)29-26(35)19-38-31(41-29)40-28-9-8-23(18-37-28)20-43-14-12-42(13-15-43)11-7-10-36-32(45)46-33(4,5)6/h8-9,16-19,21H,7,10-15,20H2,1-6H3,(H,36,45)(H,37,38,40,41). The Hall–Kier alpha value is -4.23. The van der Waals surface area contributed by atoms with E-state index >= 15 is 4.39 Å². The number of anilines is 2. The van der Waals surface area contributed by atoms with Gasteiger partial charge in [-0.25, -0.2) is 33.5 Å². The molecular formula is C33H43F2N9O2. The first-order valence-corrected chi connectivity index (χ1v) is 15.7. The molecule has 1 saturated heterocycles. The van der Waals surface area contributed by atoms with Gasteiger partial charge in [0.1, 0.15) is 28.5 Å². The third-order valence-corrected chi connectivity index (χ3v) is 7.71. The van der Waals surface area contributed by atoms with Crippen molar-refractivity contribution in [2.24, 2.45) is 0 Å². The second-order valence-corrected chi connectivity index (χ2v) is 12.9. The number of carbonyl (C=O) groups excluding carboxylic acids is 1. The van der Waals surface area contributed by atoms with Crippen molar-refractivity contribution in [3.05, 3.63) is 59.7 Å². The number of pyridine rings is 1. The Morgan fingerprint density at radius 2 is 1.74 bits per heavy atom. The molecule has 1 fully saturated rings. The first-order chi connectivity index (χ1) is 21.9. The van der Waals surface area contributed by atoms with E-state index in [-0.39, 0.29) is 29.3 Å². The summed E-state index contributed by atoms with van der Waals surface area (Å²) in [6.45, 7) is 17.4. The van der Waals surface area contributed by atoms with E-state index in [9.17, 15) is 9.18 Å². The number of halogens is 2. The summed E-state index contributed by atoms with van der Waals surface area (Å²) in [5.41, 5.74) is 1.70. The number of alkyl carbamates (subject to hydrolysis) is 1. The fourth-order valence-corrected chi connectivity index (χ4v) is 5.63. The molecule has 13 heteroatoms. The van der Waals surface area contributed by atoms with E-state index in [1.54, 1.807) is 12.3 Å². The molecule has 0 spiro atoms. The van der Waals surface area contributed by atoms with Gasteiger partial charge in [-0.1, -0.05) is 6.07 Å². The van der Waals surface area contributed by atoms with Gasteiger partial charge in [-0.2, -0.15) is 0 Å². The summed E-state index contributed by atoms with van der Waals surface area (Å²) in [6.07, 6.45) is 3.37. The lowest BCUT2D eigenvalue weighted by atomic mass is 10.1. The summed E-state index contributed by atoms with van der Waals surface area (Å²) in [5, 5.41) is 5.85. The molecule has 4 aromatic rings. The highest BCUT2D eigenvalue weighted by molar-refractivity contribution is 5.83. The van der Waals surface area contributed by atoms with Crippen molar-refractivity contribution in [3.8, 4) is 11.3 Å². The van der Waals surface area contributed by atoms with E-state index in [1.807, 2.05) is 58.2 Å². The van der Waals surface area contributed by atoms with E-state index in [2.05, 4.69) is 40.4 Å². The van der Waals surface area contributed by atoms with Crippen LogP contribution in [0.1, 0.15) is 58.5 Å². The molecule has 0 saturated carbocycles. The molecule has 2 N–H and O–H groups in total. The predicted octanol–water partition coefficient (Wildman–Crippen LogP) is 5.83. The molecule has 3 aromatic heterocycles. The zero-order valence-corrected chi connectivity index (χ0v) is 27.4. The highest BCUT2D eigenvalue weighted by atomic mass is 19.1. The Morgan fingerprint density at radius 3 is 2.41 bits per heavy atom. The van der Waals surface area contributed by atoms with Gasteiger partial charge in [-0.15, -0.1) is 0 Å². The summed E-state index contributed by atoms with van der Waals surface area (Å²) in [5.74, 6) is 0.167. The molecule has 0 unspecified atom stereocenters. The lowest BCUT2D eigenvalue weighted by Crippen LogP contribution is -2.46. The molecule has 46 heavy (non-hydrogen) atoms. The number of aromatic nitrogens is 5. The number of hydrogen-bond donors (Lipinski definition) is 2. The van der Waals surface area contributed by atoms with Crippen molar-refractivity contribution in [2.75, 3.05) is 44.6 Å². The number of nitrogens with zero attached hydrogens (tertiary/aromatic N) is 7. The average molecular weight is 636 g/mol. The monoisotopic (exact) mass is 635 g/mol. The maximum Gasteiger partial charge on any atom is 0.407 e. The smallest absolute Gasteiger partial charge is 0.407 e. The lowest BCUT2D eigenvalue weighted by Gasteiger charge is -2.34. The number of fused-ring (bicyclic) bond motifs is 1. The van der Waals surface area contributed by atoms with Gasteiger partial charge in [-0.05, 0) is 78.3 Å². The first kappa shape index (κ1) is 33.1. The van der Waals surface area contributed by atoms with Crippen LogP contribution in [0.15, 0.2) is 36.7 Å². The molecule has 0 atom stereocenters. The maximum atomic E-state index is 15.0. The van der Waals surface area contributed by atoms with Crippen molar-refractivity contribution in [1.29, 1.82) is 0 Å².